The lowest BCUT2D eigenvalue weighted by molar-refractivity contribution is -0.119. The molecule has 1 heterocycles. The highest BCUT2D eigenvalue weighted by atomic mass is 16.5. The SMILES string of the molecule is COc1ccc(OC)c(NC(=O)[C@H](C)N2C(=O)c3ccccc3C2=O)c1. The Bertz CT molecular complexity index is 858. The van der Waals surface area contributed by atoms with Crippen molar-refractivity contribution in [2.45, 2.75) is 13.0 Å². The zero-order valence-corrected chi connectivity index (χ0v) is 14.6. The Morgan fingerprint density at radius 3 is 2.15 bits per heavy atom. The highest BCUT2D eigenvalue weighted by molar-refractivity contribution is 6.23. The smallest absolute Gasteiger partial charge is 0.262 e. The Hall–Kier alpha value is -3.35. The molecule has 134 valence electrons. The van der Waals surface area contributed by atoms with Gasteiger partial charge in [-0.1, -0.05) is 12.1 Å². The van der Waals surface area contributed by atoms with Crippen molar-refractivity contribution in [3.63, 3.8) is 0 Å². The van der Waals surface area contributed by atoms with Gasteiger partial charge in [-0.05, 0) is 31.2 Å². The Kier molecular flexibility index (Phi) is 4.62. The third-order valence-electron chi connectivity index (χ3n) is 4.26. The van der Waals surface area contributed by atoms with Crippen molar-refractivity contribution >= 4 is 23.4 Å². The fraction of sp³-hybridized carbons (Fsp3) is 0.211. The quantitative estimate of drug-likeness (QED) is 0.833. The van der Waals surface area contributed by atoms with Gasteiger partial charge in [-0.15, -0.1) is 0 Å². The number of fused-ring (bicyclic) bond motifs is 1. The molecule has 7 heteroatoms. The average Bonchev–Trinajstić information content (AvgIpc) is 2.92. The van der Waals surface area contributed by atoms with Crippen LogP contribution in [0, 0.1) is 0 Å². The second-order valence-corrected chi connectivity index (χ2v) is 5.76. The van der Waals surface area contributed by atoms with Crippen LogP contribution in [-0.2, 0) is 4.79 Å². The van der Waals surface area contributed by atoms with Gasteiger partial charge in [-0.2, -0.15) is 0 Å². The molecule has 0 radical (unpaired) electrons. The van der Waals surface area contributed by atoms with E-state index in [4.69, 9.17) is 9.47 Å². The summed E-state index contributed by atoms with van der Waals surface area (Å²) < 4.78 is 10.4. The summed E-state index contributed by atoms with van der Waals surface area (Å²) in [4.78, 5) is 38.6. The molecule has 1 N–H and O–H groups in total. The van der Waals surface area contributed by atoms with Gasteiger partial charge < -0.3 is 14.8 Å². The van der Waals surface area contributed by atoms with E-state index in [-0.39, 0.29) is 0 Å². The largest absolute Gasteiger partial charge is 0.497 e. The lowest BCUT2D eigenvalue weighted by Crippen LogP contribution is -2.45. The van der Waals surface area contributed by atoms with Crippen LogP contribution >= 0.6 is 0 Å². The van der Waals surface area contributed by atoms with Gasteiger partial charge in [0, 0.05) is 6.07 Å². The normalized spacial score (nSPS) is 14.0. The Balaban J connectivity index is 1.84. The first-order chi connectivity index (χ1) is 12.5. The molecule has 0 aromatic heterocycles. The summed E-state index contributed by atoms with van der Waals surface area (Å²) in [6.45, 7) is 1.50. The number of ether oxygens (including phenoxy) is 2. The predicted octanol–water partition coefficient (Wildman–Crippen LogP) is 2.33. The molecule has 0 fully saturated rings. The molecule has 1 aliphatic rings. The number of nitrogens with zero attached hydrogens (tertiary/aromatic N) is 1. The van der Waals surface area contributed by atoms with Crippen LogP contribution in [0.5, 0.6) is 11.5 Å². The zero-order valence-electron chi connectivity index (χ0n) is 14.6. The van der Waals surface area contributed by atoms with E-state index in [1.54, 1.807) is 42.5 Å². The maximum Gasteiger partial charge on any atom is 0.262 e. The third kappa shape index (κ3) is 2.88. The van der Waals surface area contributed by atoms with E-state index in [9.17, 15) is 14.4 Å². The first-order valence-corrected chi connectivity index (χ1v) is 7.97. The molecule has 3 rings (SSSR count). The maximum atomic E-state index is 12.7. The second kappa shape index (κ2) is 6.87. The van der Waals surface area contributed by atoms with Crippen LogP contribution in [0.3, 0.4) is 0 Å². The van der Waals surface area contributed by atoms with Crippen molar-refractivity contribution in [1.82, 2.24) is 4.90 Å². The molecule has 0 saturated heterocycles. The van der Waals surface area contributed by atoms with Gasteiger partial charge in [0.15, 0.2) is 0 Å². The Morgan fingerprint density at radius 1 is 1.00 bits per heavy atom. The van der Waals surface area contributed by atoms with E-state index in [1.165, 1.54) is 21.1 Å². The van der Waals surface area contributed by atoms with Crippen molar-refractivity contribution in [3.8, 4) is 11.5 Å². The number of rotatable bonds is 5. The summed E-state index contributed by atoms with van der Waals surface area (Å²) in [6, 6.07) is 10.5. The van der Waals surface area contributed by atoms with Crippen molar-refractivity contribution in [1.29, 1.82) is 0 Å². The number of benzene rings is 2. The summed E-state index contributed by atoms with van der Waals surface area (Å²) in [5, 5.41) is 2.69. The van der Waals surface area contributed by atoms with Gasteiger partial charge in [-0.3, -0.25) is 19.3 Å². The van der Waals surface area contributed by atoms with Gasteiger partial charge in [0.1, 0.15) is 17.5 Å². The number of anilines is 1. The Labute approximate surface area is 150 Å². The molecule has 0 aliphatic carbocycles. The lowest BCUT2D eigenvalue weighted by Gasteiger charge is -2.22. The van der Waals surface area contributed by atoms with E-state index in [0.29, 0.717) is 28.3 Å². The van der Waals surface area contributed by atoms with Gasteiger partial charge in [0.2, 0.25) is 5.91 Å². The zero-order chi connectivity index (χ0) is 18.8. The number of hydrogen-bond donors (Lipinski definition) is 1. The average molecular weight is 354 g/mol. The number of nitrogens with one attached hydrogen (secondary N) is 1. The number of carbonyl (C=O) groups excluding carboxylic acids is 3. The third-order valence-corrected chi connectivity index (χ3v) is 4.26. The molecule has 3 amide bonds. The molecule has 26 heavy (non-hydrogen) atoms. The van der Waals surface area contributed by atoms with Crippen LogP contribution < -0.4 is 14.8 Å². The topological polar surface area (TPSA) is 84.9 Å². The fourth-order valence-electron chi connectivity index (χ4n) is 2.83. The van der Waals surface area contributed by atoms with Crippen LogP contribution in [0.25, 0.3) is 0 Å². The van der Waals surface area contributed by atoms with Crippen LogP contribution in [0.4, 0.5) is 5.69 Å². The van der Waals surface area contributed by atoms with E-state index in [2.05, 4.69) is 5.32 Å². The molecule has 1 aliphatic heterocycles. The molecule has 0 saturated carbocycles. The van der Waals surface area contributed by atoms with Gasteiger partial charge in [0.05, 0.1) is 31.0 Å². The van der Waals surface area contributed by atoms with E-state index in [1.807, 2.05) is 0 Å². The fourth-order valence-corrected chi connectivity index (χ4v) is 2.83. The summed E-state index contributed by atoms with van der Waals surface area (Å²) in [5.74, 6) is -0.494. The molecule has 1 atom stereocenters. The first kappa shape index (κ1) is 17.5. The van der Waals surface area contributed by atoms with E-state index < -0.39 is 23.8 Å². The number of amides is 3. The summed E-state index contributed by atoms with van der Waals surface area (Å²) >= 11 is 0. The summed E-state index contributed by atoms with van der Waals surface area (Å²) in [7, 11) is 2.99. The van der Waals surface area contributed by atoms with E-state index in [0.717, 1.165) is 4.90 Å². The van der Waals surface area contributed by atoms with Crippen molar-refractivity contribution in [2.75, 3.05) is 19.5 Å². The number of methoxy groups -OCH3 is 2. The Morgan fingerprint density at radius 2 is 1.62 bits per heavy atom. The highest BCUT2D eigenvalue weighted by Gasteiger charge is 2.40. The highest BCUT2D eigenvalue weighted by Crippen LogP contribution is 2.30. The van der Waals surface area contributed by atoms with Crippen LogP contribution in [0.2, 0.25) is 0 Å². The minimum Gasteiger partial charge on any atom is -0.497 e. The second-order valence-electron chi connectivity index (χ2n) is 5.76. The minimum absolute atomic E-state index is 0.302. The number of hydrogen-bond acceptors (Lipinski definition) is 5. The molecular formula is C19H18N2O5. The number of imide groups is 1. The van der Waals surface area contributed by atoms with Crippen LogP contribution in [0.1, 0.15) is 27.6 Å². The molecular weight excluding hydrogens is 336 g/mol. The maximum absolute atomic E-state index is 12.7. The predicted molar refractivity (Wildman–Crippen MR) is 94.6 cm³/mol. The molecule has 0 bridgehead atoms. The molecule has 0 spiro atoms. The molecule has 2 aromatic rings. The van der Waals surface area contributed by atoms with Crippen LogP contribution in [0.15, 0.2) is 42.5 Å². The van der Waals surface area contributed by atoms with Crippen molar-refractivity contribution < 1.29 is 23.9 Å². The number of carbonyl (C=O) groups is 3. The molecule has 7 nitrogen and oxygen atoms in total. The van der Waals surface area contributed by atoms with E-state index >= 15 is 0 Å². The van der Waals surface area contributed by atoms with Crippen molar-refractivity contribution in [2.24, 2.45) is 0 Å². The van der Waals surface area contributed by atoms with Gasteiger partial charge >= 0.3 is 0 Å². The molecule has 2 aromatic carbocycles. The minimum atomic E-state index is -0.988. The lowest BCUT2D eigenvalue weighted by atomic mass is 10.1. The molecule has 0 unspecified atom stereocenters. The van der Waals surface area contributed by atoms with Gasteiger partial charge in [0.25, 0.3) is 11.8 Å². The van der Waals surface area contributed by atoms with Crippen LogP contribution in [-0.4, -0.2) is 42.9 Å². The van der Waals surface area contributed by atoms with Crippen molar-refractivity contribution in [3.05, 3.63) is 53.6 Å². The monoisotopic (exact) mass is 354 g/mol. The standard InChI is InChI=1S/C19H18N2O5/c1-11(21-18(23)13-6-4-5-7-14(13)19(21)24)17(22)20-15-10-12(25-2)8-9-16(15)26-3/h4-11H,1-3H3,(H,20,22)/t11-/m0/s1. The first-order valence-electron chi connectivity index (χ1n) is 7.97. The summed E-state index contributed by atoms with van der Waals surface area (Å²) in [5.41, 5.74) is 0.993. The van der Waals surface area contributed by atoms with Gasteiger partial charge in [-0.25, -0.2) is 0 Å². The summed E-state index contributed by atoms with van der Waals surface area (Å²) in [6.07, 6.45) is 0.